The number of carbonyl (C=O) groups excluding carboxylic acids is 1. The van der Waals surface area contributed by atoms with Gasteiger partial charge in [0.1, 0.15) is 5.82 Å². The summed E-state index contributed by atoms with van der Waals surface area (Å²) in [6, 6.07) is 12.6. The fourth-order valence-corrected chi connectivity index (χ4v) is 5.07. The zero-order chi connectivity index (χ0) is 25.5. The largest absolute Gasteiger partial charge is 0.345 e. The molecule has 2 heterocycles. The van der Waals surface area contributed by atoms with E-state index in [1.54, 1.807) is 23.7 Å². The van der Waals surface area contributed by atoms with E-state index in [9.17, 15) is 13.2 Å². The average molecular weight is 495 g/mol. The molecule has 0 fully saturated rings. The number of amides is 1. The summed E-state index contributed by atoms with van der Waals surface area (Å²) in [5, 5.41) is 7.52. The molecule has 0 aliphatic heterocycles. The summed E-state index contributed by atoms with van der Waals surface area (Å²) in [5.41, 5.74) is 5.43. The topological polar surface area (TPSA) is 111 Å². The minimum absolute atomic E-state index is 0.0827. The highest BCUT2D eigenvalue weighted by Crippen LogP contribution is 2.30. The predicted molar refractivity (Wildman–Crippen MR) is 138 cm³/mol. The number of nitrogens with zero attached hydrogens (tertiary/aromatic N) is 4. The summed E-state index contributed by atoms with van der Waals surface area (Å²) in [4.78, 5) is 18.3. The second kappa shape index (κ2) is 9.18. The number of aryl methyl sites for hydroxylation is 3. The molecule has 9 nitrogen and oxygen atoms in total. The van der Waals surface area contributed by atoms with Crippen molar-refractivity contribution in [1.82, 2.24) is 24.6 Å². The van der Waals surface area contributed by atoms with Gasteiger partial charge in [0.05, 0.1) is 39.8 Å². The van der Waals surface area contributed by atoms with Gasteiger partial charge in [0.2, 0.25) is 10.0 Å². The van der Waals surface area contributed by atoms with E-state index in [-0.39, 0.29) is 17.7 Å². The maximum absolute atomic E-state index is 13.6. The lowest BCUT2D eigenvalue weighted by atomic mass is 10.1. The third-order valence-electron chi connectivity index (χ3n) is 6.24. The molecule has 0 saturated carbocycles. The number of sulfonamides is 1. The first-order valence-corrected chi connectivity index (χ1v) is 13.0. The van der Waals surface area contributed by atoms with Crippen LogP contribution in [0.25, 0.3) is 22.4 Å². The molecule has 1 atom stereocenters. The average Bonchev–Trinajstić information content (AvgIpc) is 3.28. The Balaban J connectivity index is 1.83. The van der Waals surface area contributed by atoms with Crippen molar-refractivity contribution >= 4 is 32.7 Å². The molecule has 4 aromatic rings. The van der Waals surface area contributed by atoms with Crippen molar-refractivity contribution in [2.24, 2.45) is 14.1 Å². The molecule has 2 aromatic carbocycles. The Kier molecular flexibility index (Phi) is 6.42. The van der Waals surface area contributed by atoms with E-state index in [4.69, 9.17) is 4.98 Å². The maximum Gasteiger partial charge on any atom is 0.254 e. The minimum Gasteiger partial charge on any atom is -0.345 e. The first kappa shape index (κ1) is 24.5. The fourth-order valence-electron chi connectivity index (χ4n) is 4.44. The van der Waals surface area contributed by atoms with Crippen LogP contribution < -0.4 is 10.0 Å². The van der Waals surface area contributed by atoms with Gasteiger partial charge >= 0.3 is 0 Å². The first-order chi connectivity index (χ1) is 16.5. The van der Waals surface area contributed by atoms with Crippen LogP contribution in [0.4, 0.5) is 5.69 Å². The molecule has 2 aromatic heterocycles. The van der Waals surface area contributed by atoms with Gasteiger partial charge in [-0.2, -0.15) is 5.10 Å². The summed E-state index contributed by atoms with van der Waals surface area (Å²) in [6.45, 7) is 7.34. The van der Waals surface area contributed by atoms with Crippen LogP contribution in [0.5, 0.6) is 0 Å². The Morgan fingerprint density at radius 3 is 2.40 bits per heavy atom. The highest BCUT2D eigenvalue weighted by atomic mass is 32.2. The van der Waals surface area contributed by atoms with Gasteiger partial charge in [-0.3, -0.25) is 14.2 Å². The molecule has 184 valence electrons. The molecule has 10 heteroatoms. The van der Waals surface area contributed by atoms with E-state index in [1.165, 1.54) is 0 Å². The van der Waals surface area contributed by atoms with Gasteiger partial charge in [-0.15, -0.1) is 0 Å². The molecule has 0 aliphatic rings. The van der Waals surface area contributed by atoms with Crippen molar-refractivity contribution < 1.29 is 13.2 Å². The molecule has 0 saturated heterocycles. The van der Waals surface area contributed by atoms with Gasteiger partial charge in [-0.05, 0) is 39.8 Å². The van der Waals surface area contributed by atoms with Gasteiger partial charge in [0.25, 0.3) is 5.91 Å². The van der Waals surface area contributed by atoms with Crippen LogP contribution >= 0.6 is 0 Å². The van der Waals surface area contributed by atoms with E-state index in [0.717, 1.165) is 22.5 Å². The third kappa shape index (κ3) is 4.66. The van der Waals surface area contributed by atoms with Crippen molar-refractivity contribution in [3.05, 3.63) is 65.0 Å². The second-order valence-corrected chi connectivity index (χ2v) is 10.7. The number of hydrogen-bond acceptors (Lipinski definition) is 5. The Morgan fingerprint density at radius 1 is 1.11 bits per heavy atom. The van der Waals surface area contributed by atoms with E-state index in [2.05, 4.69) is 15.1 Å². The van der Waals surface area contributed by atoms with Crippen LogP contribution in [0, 0.1) is 13.8 Å². The smallest absolute Gasteiger partial charge is 0.254 e. The summed E-state index contributed by atoms with van der Waals surface area (Å²) in [7, 11) is 0.178. The number of hydrogen-bond donors (Lipinski definition) is 2. The normalized spacial score (nSPS) is 12.6. The summed E-state index contributed by atoms with van der Waals surface area (Å²) < 4.78 is 30.8. The molecule has 0 aliphatic carbocycles. The van der Waals surface area contributed by atoms with Crippen LogP contribution in [0.1, 0.15) is 47.2 Å². The second-order valence-electron chi connectivity index (χ2n) is 8.66. The van der Waals surface area contributed by atoms with E-state index >= 15 is 0 Å². The van der Waals surface area contributed by atoms with Crippen LogP contribution in [-0.2, 0) is 24.1 Å². The van der Waals surface area contributed by atoms with Crippen molar-refractivity contribution in [3.8, 4) is 11.4 Å². The number of imidazole rings is 1. The summed E-state index contributed by atoms with van der Waals surface area (Å²) in [6.07, 6.45) is 0. The van der Waals surface area contributed by atoms with Gasteiger partial charge < -0.3 is 9.88 Å². The molecule has 4 rings (SSSR count). The molecule has 0 radical (unpaired) electrons. The first-order valence-electron chi connectivity index (χ1n) is 11.4. The van der Waals surface area contributed by atoms with Gasteiger partial charge in [0, 0.05) is 30.9 Å². The number of carbonyl (C=O) groups is 1. The highest BCUT2D eigenvalue weighted by molar-refractivity contribution is 7.92. The molecular weight excluding hydrogens is 464 g/mol. The Labute approximate surface area is 205 Å². The molecule has 2 N–H and O–H groups in total. The molecular formula is C25H30N6O3S. The van der Waals surface area contributed by atoms with Crippen molar-refractivity contribution in [2.75, 3.05) is 10.5 Å². The molecule has 0 bridgehead atoms. The minimum atomic E-state index is -3.54. The molecule has 0 spiro atoms. The fraction of sp³-hybridized carbons (Fsp3) is 0.320. The van der Waals surface area contributed by atoms with Gasteiger partial charge in [-0.25, -0.2) is 13.4 Å². The van der Waals surface area contributed by atoms with E-state index in [1.807, 2.05) is 69.8 Å². The van der Waals surface area contributed by atoms with Crippen LogP contribution in [0.3, 0.4) is 0 Å². The Hall–Kier alpha value is -3.66. The Morgan fingerprint density at radius 2 is 1.80 bits per heavy atom. The van der Waals surface area contributed by atoms with E-state index < -0.39 is 10.0 Å². The number of aromatic nitrogens is 4. The number of nitrogens with one attached hydrogen (secondary N) is 2. The number of fused-ring (bicyclic) bond motifs is 1. The number of benzene rings is 2. The van der Waals surface area contributed by atoms with Gasteiger partial charge in [0.15, 0.2) is 0 Å². The maximum atomic E-state index is 13.6. The van der Waals surface area contributed by atoms with Crippen molar-refractivity contribution in [2.45, 2.75) is 33.7 Å². The lowest BCUT2D eigenvalue weighted by molar-refractivity contribution is 0.0941. The quantitative estimate of drug-likeness (QED) is 0.406. The van der Waals surface area contributed by atoms with E-state index in [0.29, 0.717) is 28.1 Å². The van der Waals surface area contributed by atoms with Gasteiger partial charge in [-0.1, -0.05) is 30.3 Å². The number of anilines is 1. The monoisotopic (exact) mass is 494 g/mol. The molecule has 35 heavy (non-hydrogen) atoms. The lowest BCUT2D eigenvalue weighted by Gasteiger charge is -2.17. The predicted octanol–water partition coefficient (Wildman–Crippen LogP) is 3.84. The molecule has 0 unspecified atom stereocenters. The Bertz CT molecular complexity index is 1520. The zero-order valence-electron chi connectivity index (χ0n) is 20.7. The lowest BCUT2D eigenvalue weighted by Crippen LogP contribution is -2.28. The number of rotatable bonds is 7. The van der Waals surface area contributed by atoms with Crippen molar-refractivity contribution in [3.63, 3.8) is 0 Å². The van der Waals surface area contributed by atoms with Crippen LogP contribution in [0.2, 0.25) is 0 Å². The van der Waals surface area contributed by atoms with Crippen molar-refractivity contribution in [1.29, 1.82) is 0 Å². The highest BCUT2D eigenvalue weighted by Gasteiger charge is 2.23. The zero-order valence-corrected chi connectivity index (χ0v) is 21.6. The van der Waals surface area contributed by atoms with Crippen LogP contribution in [-0.4, -0.2) is 39.4 Å². The molecule has 1 amide bonds. The SMILES string of the molecule is CCS(=O)(=O)Nc1cc(C(=O)N[C@@H](C)c2c(C)nn(C)c2C)c2c(c1)nc(-c1ccccc1)n2C. The standard InChI is InChI=1S/C25H30N6O3S/c1-7-35(33,34)29-19-13-20(25(32)26-15(2)22-16(3)28-31(6)17(22)4)23-21(14-19)27-24(30(23)5)18-11-9-8-10-12-18/h8-15,29H,7H2,1-6H3,(H,26,32)/t15-/m0/s1. The summed E-state index contributed by atoms with van der Waals surface area (Å²) in [5.74, 6) is 0.267. The van der Waals surface area contributed by atoms with Crippen LogP contribution in [0.15, 0.2) is 42.5 Å². The third-order valence-corrected chi connectivity index (χ3v) is 7.55. The summed E-state index contributed by atoms with van der Waals surface area (Å²) >= 11 is 0.